The molecule has 0 fully saturated rings. The molecule has 0 aliphatic rings. The van der Waals surface area contributed by atoms with E-state index in [4.69, 9.17) is 10.00 Å². The van der Waals surface area contributed by atoms with Gasteiger partial charge in [0, 0.05) is 6.20 Å². The first-order chi connectivity index (χ1) is 8.52. The van der Waals surface area contributed by atoms with Crippen molar-refractivity contribution in [3.8, 4) is 6.07 Å². The summed E-state index contributed by atoms with van der Waals surface area (Å²) in [6.07, 6.45) is 1.78. The first-order valence-electron chi connectivity index (χ1n) is 5.48. The third-order valence-electron chi connectivity index (χ3n) is 2.91. The van der Waals surface area contributed by atoms with Gasteiger partial charge in [-0.1, -0.05) is 6.07 Å². The third kappa shape index (κ3) is 1.63. The van der Waals surface area contributed by atoms with Gasteiger partial charge in [0.2, 0.25) is 0 Å². The Bertz CT molecular complexity index is 650. The number of carbonyl (C=O) groups is 1. The van der Waals surface area contributed by atoms with Crippen LogP contribution >= 0.6 is 0 Å². The zero-order valence-corrected chi connectivity index (χ0v) is 10.5. The molecule has 0 amide bonds. The van der Waals surface area contributed by atoms with Crippen LogP contribution in [0.1, 0.15) is 25.4 Å². The lowest BCUT2D eigenvalue weighted by Gasteiger charge is -2.19. The molecule has 5 nitrogen and oxygen atoms in total. The maximum Gasteiger partial charge on any atom is 0.318 e. The summed E-state index contributed by atoms with van der Waals surface area (Å²) in [7, 11) is 1.34. The Balaban J connectivity index is 2.73. The summed E-state index contributed by atoms with van der Waals surface area (Å²) < 4.78 is 6.53. The van der Waals surface area contributed by atoms with Crippen molar-refractivity contribution >= 4 is 11.5 Å². The molecular formula is C13H13N3O2. The number of nitrogens with zero attached hydrogens (tertiary/aromatic N) is 3. The quantitative estimate of drug-likeness (QED) is 0.752. The van der Waals surface area contributed by atoms with Crippen LogP contribution < -0.4 is 0 Å². The smallest absolute Gasteiger partial charge is 0.318 e. The highest BCUT2D eigenvalue weighted by Crippen LogP contribution is 2.26. The fraction of sp³-hybridized carbons (Fsp3) is 0.308. The summed E-state index contributed by atoms with van der Waals surface area (Å²) in [5.74, 6) is 0.115. The minimum absolute atomic E-state index is 0.308. The number of hydrogen-bond donors (Lipinski definition) is 0. The summed E-state index contributed by atoms with van der Waals surface area (Å²) in [6, 6.07) is 7.48. The summed E-state index contributed by atoms with van der Waals surface area (Å²) in [6.45, 7) is 3.45. The molecule has 92 valence electrons. The lowest BCUT2D eigenvalue weighted by atomic mass is 9.92. The molecule has 0 saturated heterocycles. The molecule has 0 aliphatic heterocycles. The zero-order valence-electron chi connectivity index (χ0n) is 10.5. The van der Waals surface area contributed by atoms with Crippen LogP contribution in [0.3, 0.4) is 0 Å². The molecule has 0 saturated carbocycles. The van der Waals surface area contributed by atoms with Gasteiger partial charge in [0.25, 0.3) is 0 Å². The maximum absolute atomic E-state index is 11.8. The molecule has 2 heterocycles. The third-order valence-corrected chi connectivity index (χ3v) is 2.91. The Morgan fingerprint density at radius 1 is 1.50 bits per heavy atom. The van der Waals surface area contributed by atoms with E-state index in [1.807, 2.05) is 18.2 Å². The van der Waals surface area contributed by atoms with Gasteiger partial charge in [0.05, 0.1) is 12.6 Å². The number of rotatable bonds is 2. The van der Waals surface area contributed by atoms with Gasteiger partial charge in [-0.05, 0) is 26.0 Å². The average Bonchev–Trinajstić information content (AvgIpc) is 2.77. The van der Waals surface area contributed by atoms with E-state index in [9.17, 15) is 4.79 Å². The van der Waals surface area contributed by atoms with Crippen molar-refractivity contribution in [2.45, 2.75) is 19.3 Å². The fourth-order valence-electron chi connectivity index (χ4n) is 1.91. The molecule has 0 spiro atoms. The zero-order chi connectivity index (χ0) is 13.3. The number of nitriles is 1. The number of esters is 1. The van der Waals surface area contributed by atoms with Crippen LogP contribution in [0.4, 0.5) is 0 Å². The molecule has 2 aromatic rings. The number of aromatic nitrogens is 2. The van der Waals surface area contributed by atoms with Gasteiger partial charge >= 0.3 is 5.97 Å². The lowest BCUT2D eigenvalue weighted by Crippen LogP contribution is -2.32. The Labute approximate surface area is 105 Å². The van der Waals surface area contributed by atoms with Gasteiger partial charge in [-0.2, -0.15) is 5.26 Å². The summed E-state index contributed by atoms with van der Waals surface area (Å²) in [4.78, 5) is 16.1. The molecular weight excluding hydrogens is 230 g/mol. The second-order valence-corrected chi connectivity index (χ2v) is 4.47. The van der Waals surface area contributed by atoms with Crippen LogP contribution in [0.25, 0.3) is 5.52 Å². The molecule has 2 rings (SSSR count). The predicted octanol–water partition coefficient (Wildman–Crippen LogP) is 1.66. The van der Waals surface area contributed by atoms with Crippen molar-refractivity contribution in [3.05, 3.63) is 35.9 Å². The van der Waals surface area contributed by atoms with Crippen molar-refractivity contribution in [3.63, 3.8) is 0 Å². The van der Waals surface area contributed by atoms with E-state index in [-0.39, 0.29) is 5.97 Å². The maximum atomic E-state index is 11.8. The molecule has 0 aliphatic carbocycles. The van der Waals surface area contributed by atoms with Crippen molar-refractivity contribution in [2.24, 2.45) is 0 Å². The molecule has 5 heteroatoms. The van der Waals surface area contributed by atoms with E-state index < -0.39 is 5.41 Å². The highest BCUT2D eigenvalue weighted by Gasteiger charge is 2.36. The number of methoxy groups -OCH3 is 1. The fourth-order valence-corrected chi connectivity index (χ4v) is 1.91. The van der Waals surface area contributed by atoms with E-state index in [2.05, 4.69) is 4.98 Å². The molecule has 0 atom stereocenters. The minimum atomic E-state index is -0.909. The Morgan fingerprint density at radius 2 is 2.22 bits per heavy atom. The molecule has 0 N–H and O–H groups in total. The van der Waals surface area contributed by atoms with Crippen LogP contribution in [0.5, 0.6) is 0 Å². The van der Waals surface area contributed by atoms with Crippen molar-refractivity contribution in [2.75, 3.05) is 7.11 Å². The number of carbonyl (C=O) groups excluding carboxylic acids is 1. The Morgan fingerprint density at radius 3 is 2.83 bits per heavy atom. The number of fused-ring (bicyclic) bond motifs is 1. The second kappa shape index (κ2) is 4.15. The van der Waals surface area contributed by atoms with E-state index in [1.165, 1.54) is 7.11 Å². The highest BCUT2D eigenvalue weighted by molar-refractivity contribution is 5.81. The van der Waals surface area contributed by atoms with Gasteiger partial charge in [-0.25, -0.2) is 4.98 Å². The molecule has 0 aromatic carbocycles. The summed E-state index contributed by atoms with van der Waals surface area (Å²) in [5.41, 5.74) is 0.0863. The lowest BCUT2D eigenvalue weighted by molar-refractivity contribution is -0.146. The van der Waals surface area contributed by atoms with Crippen molar-refractivity contribution in [1.29, 1.82) is 5.26 Å². The normalized spacial score (nSPS) is 11.2. The van der Waals surface area contributed by atoms with E-state index in [0.29, 0.717) is 17.0 Å². The van der Waals surface area contributed by atoms with E-state index in [1.54, 1.807) is 30.5 Å². The SMILES string of the molecule is COC(=O)C(C)(C)c1nc(C#N)c2ccccn12. The van der Waals surface area contributed by atoms with Crippen molar-refractivity contribution in [1.82, 2.24) is 9.38 Å². The number of ether oxygens (including phenoxy) is 1. The van der Waals surface area contributed by atoms with Gasteiger partial charge in [-0.15, -0.1) is 0 Å². The van der Waals surface area contributed by atoms with Crippen LogP contribution in [0.15, 0.2) is 24.4 Å². The number of pyridine rings is 1. The largest absolute Gasteiger partial charge is 0.468 e. The van der Waals surface area contributed by atoms with Gasteiger partial charge in [0.15, 0.2) is 5.69 Å². The number of hydrogen-bond acceptors (Lipinski definition) is 4. The highest BCUT2D eigenvalue weighted by atomic mass is 16.5. The number of imidazole rings is 1. The summed E-state index contributed by atoms with van der Waals surface area (Å²) in [5, 5.41) is 9.07. The Hall–Kier alpha value is -2.35. The van der Waals surface area contributed by atoms with Crippen LogP contribution in [0, 0.1) is 11.3 Å². The molecule has 18 heavy (non-hydrogen) atoms. The first-order valence-corrected chi connectivity index (χ1v) is 5.48. The first kappa shape index (κ1) is 12.1. The van der Waals surface area contributed by atoms with Gasteiger partial charge < -0.3 is 9.14 Å². The van der Waals surface area contributed by atoms with Crippen LogP contribution in [0.2, 0.25) is 0 Å². The molecule has 0 unspecified atom stereocenters. The van der Waals surface area contributed by atoms with Crippen LogP contribution in [-0.2, 0) is 14.9 Å². The van der Waals surface area contributed by atoms with Gasteiger partial charge in [0.1, 0.15) is 17.3 Å². The average molecular weight is 243 g/mol. The van der Waals surface area contributed by atoms with Gasteiger partial charge in [-0.3, -0.25) is 4.79 Å². The summed E-state index contributed by atoms with van der Waals surface area (Å²) >= 11 is 0. The van der Waals surface area contributed by atoms with Crippen molar-refractivity contribution < 1.29 is 9.53 Å². The van der Waals surface area contributed by atoms with E-state index in [0.717, 1.165) is 0 Å². The monoisotopic (exact) mass is 243 g/mol. The molecule has 0 radical (unpaired) electrons. The minimum Gasteiger partial charge on any atom is -0.468 e. The predicted molar refractivity (Wildman–Crippen MR) is 64.9 cm³/mol. The topological polar surface area (TPSA) is 67.4 Å². The Kier molecular flexibility index (Phi) is 2.79. The molecule has 2 aromatic heterocycles. The molecule has 0 bridgehead atoms. The van der Waals surface area contributed by atoms with Crippen LogP contribution in [-0.4, -0.2) is 22.5 Å². The second-order valence-electron chi connectivity index (χ2n) is 4.47. The standard InChI is InChI=1S/C13H13N3O2/c1-13(2,12(17)18-3)11-15-9(8-14)10-6-4-5-7-16(10)11/h4-7H,1-3H3. The van der Waals surface area contributed by atoms with E-state index >= 15 is 0 Å².